The highest BCUT2D eigenvalue weighted by Crippen LogP contribution is 2.30. The van der Waals surface area contributed by atoms with Gasteiger partial charge in [0.05, 0.1) is 7.11 Å². The van der Waals surface area contributed by atoms with Crippen LogP contribution in [-0.4, -0.2) is 38.4 Å². The van der Waals surface area contributed by atoms with Crippen LogP contribution in [0, 0.1) is 0 Å². The molecular formula is C16H23F3N2O3. The lowest BCUT2D eigenvalue weighted by Gasteiger charge is -2.13. The number of nitrogens with one attached hydrogen (secondary N) is 1. The molecule has 0 aliphatic carbocycles. The number of halogens is 3. The van der Waals surface area contributed by atoms with E-state index in [9.17, 15) is 18.0 Å². The number of methoxy groups -OCH3 is 1. The number of ether oxygens (including phenoxy) is 2. The number of rotatable bonds is 9. The Hall–Kier alpha value is -1.96. The van der Waals surface area contributed by atoms with Gasteiger partial charge in [0.2, 0.25) is 5.91 Å². The van der Waals surface area contributed by atoms with E-state index in [4.69, 9.17) is 15.2 Å². The Bertz CT molecular complexity index is 534. The van der Waals surface area contributed by atoms with E-state index in [1.165, 1.54) is 13.2 Å². The number of alkyl halides is 3. The third kappa shape index (κ3) is 8.05. The van der Waals surface area contributed by atoms with Crippen LogP contribution in [0.15, 0.2) is 18.2 Å². The number of amides is 1. The highest BCUT2D eigenvalue weighted by molar-refractivity contribution is 5.76. The number of hydrogen-bond donors (Lipinski definition) is 2. The van der Waals surface area contributed by atoms with Crippen LogP contribution in [-0.2, 0) is 11.2 Å². The second kappa shape index (κ2) is 9.36. The van der Waals surface area contributed by atoms with Crippen LogP contribution in [0.4, 0.5) is 13.2 Å². The van der Waals surface area contributed by atoms with Crippen molar-refractivity contribution in [3.05, 3.63) is 23.8 Å². The molecule has 24 heavy (non-hydrogen) atoms. The van der Waals surface area contributed by atoms with Crippen molar-refractivity contribution in [1.29, 1.82) is 0 Å². The van der Waals surface area contributed by atoms with Gasteiger partial charge >= 0.3 is 6.18 Å². The zero-order valence-corrected chi connectivity index (χ0v) is 13.8. The summed E-state index contributed by atoms with van der Waals surface area (Å²) in [6.07, 6.45) is -3.00. The first-order valence-electron chi connectivity index (χ1n) is 7.60. The van der Waals surface area contributed by atoms with Gasteiger partial charge in [-0.3, -0.25) is 4.79 Å². The minimum atomic E-state index is -4.41. The standard InChI is InChI=1S/C16H23F3N2O3/c1-11(20)7-8-21-15(22)6-4-12-3-5-13(14(9-12)23-2)24-10-16(17,18)19/h3,5,9,11H,4,6-8,10,20H2,1-2H3,(H,21,22). The molecule has 0 fully saturated rings. The molecule has 0 radical (unpaired) electrons. The van der Waals surface area contributed by atoms with Crippen molar-refractivity contribution in [3.63, 3.8) is 0 Å². The van der Waals surface area contributed by atoms with Crippen LogP contribution in [0.5, 0.6) is 11.5 Å². The second-order valence-electron chi connectivity index (χ2n) is 5.50. The highest BCUT2D eigenvalue weighted by atomic mass is 19.4. The summed E-state index contributed by atoms with van der Waals surface area (Å²) in [6.45, 7) is 0.996. The van der Waals surface area contributed by atoms with Crippen LogP contribution < -0.4 is 20.5 Å². The molecule has 0 aromatic heterocycles. The predicted octanol–water partition coefficient (Wildman–Crippen LogP) is 2.42. The smallest absolute Gasteiger partial charge is 0.422 e. The van der Waals surface area contributed by atoms with E-state index in [1.807, 2.05) is 6.92 Å². The Morgan fingerprint density at radius 1 is 1.33 bits per heavy atom. The van der Waals surface area contributed by atoms with Crippen molar-refractivity contribution < 1.29 is 27.4 Å². The maximum absolute atomic E-state index is 12.2. The summed E-state index contributed by atoms with van der Waals surface area (Å²) < 4.78 is 46.3. The molecule has 0 heterocycles. The summed E-state index contributed by atoms with van der Waals surface area (Å²) in [7, 11) is 1.35. The first-order valence-corrected chi connectivity index (χ1v) is 7.60. The maximum atomic E-state index is 12.2. The molecule has 1 aromatic carbocycles. The third-order valence-electron chi connectivity index (χ3n) is 3.18. The molecule has 1 rings (SSSR count). The number of benzene rings is 1. The highest BCUT2D eigenvalue weighted by Gasteiger charge is 2.29. The average molecular weight is 348 g/mol. The van der Waals surface area contributed by atoms with Gasteiger partial charge in [0, 0.05) is 19.0 Å². The Morgan fingerprint density at radius 2 is 2.04 bits per heavy atom. The first kappa shape index (κ1) is 20.1. The Balaban J connectivity index is 2.53. The van der Waals surface area contributed by atoms with E-state index in [1.54, 1.807) is 12.1 Å². The topological polar surface area (TPSA) is 73.6 Å². The number of hydrogen-bond acceptors (Lipinski definition) is 4. The number of carbonyl (C=O) groups excluding carboxylic acids is 1. The molecule has 0 aliphatic heterocycles. The maximum Gasteiger partial charge on any atom is 0.422 e. The number of aryl methyl sites for hydroxylation is 1. The summed E-state index contributed by atoms with van der Waals surface area (Å²) in [5, 5.41) is 2.76. The summed E-state index contributed by atoms with van der Waals surface area (Å²) in [6, 6.07) is 4.62. The van der Waals surface area contributed by atoms with Crippen molar-refractivity contribution in [3.8, 4) is 11.5 Å². The zero-order chi connectivity index (χ0) is 18.2. The number of carbonyl (C=O) groups is 1. The molecule has 0 aliphatic rings. The van der Waals surface area contributed by atoms with E-state index in [2.05, 4.69) is 5.32 Å². The van der Waals surface area contributed by atoms with Crippen molar-refractivity contribution >= 4 is 5.91 Å². The lowest BCUT2D eigenvalue weighted by molar-refractivity contribution is -0.153. The van der Waals surface area contributed by atoms with Crippen molar-refractivity contribution in [2.75, 3.05) is 20.3 Å². The minimum Gasteiger partial charge on any atom is -0.493 e. The van der Waals surface area contributed by atoms with E-state index < -0.39 is 12.8 Å². The molecule has 1 aromatic rings. The largest absolute Gasteiger partial charge is 0.493 e. The lowest BCUT2D eigenvalue weighted by Crippen LogP contribution is -2.29. The Labute approximate surface area is 139 Å². The molecule has 0 saturated carbocycles. The molecule has 1 amide bonds. The molecule has 1 unspecified atom stereocenters. The van der Waals surface area contributed by atoms with Crippen LogP contribution in [0.2, 0.25) is 0 Å². The summed E-state index contributed by atoms with van der Waals surface area (Å²) in [5.41, 5.74) is 6.37. The molecule has 136 valence electrons. The Morgan fingerprint density at radius 3 is 2.62 bits per heavy atom. The molecule has 0 spiro atoms. The fourth-order valence-electron chi connectivity index (χ4n) is 1.93. The van der Waals surface area contributed by atoms with Gasteiger partial charge in [0.1, 0.15) is 0 Å². The van der Waals surface area contributed by atoms with Gasteiger partial charge in [-0.1, -0.05) is 6.07 Å². The summed E-state index contributed by atoms with van der Waals surface area (Å²) >= 11 is 0. The predicted molar refractivity (Wildman–Crippen MR) is 84.1 cm³/mol. The summed E-state index contributed by atoms with van der Waals surface area (Å²) in [4.78, 5) is 11.7. The van der Waals surface area contributed by atoms with Gasteiger partial charge in [-0.25, -0.2) is 0 Å². The Kier molecular flexibility index (Phi) is 7.84. The van der Waals surface area contributed by atoms with Crippen molar-refractivity contribution in [1.82, 2.24) is 5.32 Å². The van der Waals surface area contributed by atoms with Crippen LogP contribution in [0.1, 0.15) is 25.3 Å². The van der Waals surface area contributed by atoms with E-state index in [0.717, 1.165) is 5.56 Å². The van der Waals surface area contributed by atoms with Gasteiger partial charge < -0.3 is 20.5 Å². The van der Waals surface area contributed by atoms with Gasteiger partial charge in [0.25, 0.3) is 0 Å². The molecule has 5 nitrogen and oxygen atoms in total. The van der Waals surface area contributed by atoms with Gasteiger partial charge in [-0.2, -0.15) is 13.2 Å². The fourth-order valence-corrected chi connectivity index (χ4v) is 1.93. The average Bonchev–Trinajstić information content (AvgIpc) is 2.50. The van der Waals surface area contributed by atoms with E-state index in [0.29, 0.717) is 19.4 Å². The minimum absolute atomic E-state index is 0.0139. The van der Waals surface area contributed by atoms with Crippen molar-refractivity contribution in [2.45, 2.75) is 38.4 Å². The van der Waals surface area contributed by atoms with Gasteiger partial charge in [0.15, 0.2) is 18.1 Å². The SMILES string of the molecule is COc1cc(CCC(=O)NCCC(C)N)ccc1OCC(F)(F)F. The molecule has 3 N–H and O–H groups in total. The molecule has 0 bridgehead atoms. The van der Waals surface area contributed by atoms with Crippen LogP contribution in [0.25, 0.3) is 0 Å². The van der Waals surface area contributed by atoms with E-state index >= 15 is 0 Å². The summed E-state index contributed by atoms with van der Waals surface area (Å²) in [5.74, 6) is 0.112. The monoisotopic (exact) mass is 348 g/mol. The van der Waals surface area contributed by atoms with Crippen LogP contribution >= 0.6 is 0 Å². The number of nitrogens with two attached hydrogens (primary N) is 1. The molecule has 8 heteroatoms. The second-order valence-corrected chi connectivity index (χ2v) is 5.50. The third-order valence-corrected chi connectivity index (χ3v) is 3.18. The van der Waals surface area contributed by atoms with Crippen molar-refractivity contribution in [2.24, 2.45) is 5.73 Å². The molecule has 0 saturated heterocycles. The van der Waals surface area contributed by atoms with E-state index in [-0.39, 0.29) is 29.9 Å². The first-order chi connectivity index (χ1) is 11.2. The molecule has 1 atom stereocenters. The normalized spacial score (nSPS) is 12.6. The lowest BCUT2D eigenvalue weighted by atomic mass is 10.1. The fraction of sp³-hybridized carbons (Fsp3) is 0.562. The zero-order valence-electron chi connectivity index (χ0n) is 13.8. The van der Waals surface area contributed by atoms with Gasteiger partial charge in [-0.05, 0) is 37.5 Å². The van der Waals surface area contributed by atoms with Crippen LogP contribution in [0.3, 0.4) is 0 Å². The quantitative estimate of drug-likeness (QED) is 0.719. The van der Waals surface area contributed by atoms with Gasteiger partial charge in [-0.15, -0.1) is 0 Å². The molecular weight excluding hydrogens is 325 g/mol.